The summed E-state index contributed by atoms with van der Waals surface area (Å²) < 4.78 is 45.5. The molecule has 1 aromatic carbocycles. The smallest absolute Gasteiger partial charge is 0.385 e. The van der Waals surface area contributed by atoms with Crippen molar-refractivity contribution in [1.29, 1.82) is 0 Å². The number of nitrogens with one attached hydrogen (secondary N) is 1. The molecule has 7 heteroatoms. The Morgan fingerprint density at radius 2 is 2.05 bits per heavy atom. The van der Waals surface area contributed by atoms with Crippen molar-refractivity contribution in [3.05, 3.63) is 42.2 Å². The fourth-order valence-electron chi connectivity index (χ4n) is 1.97. The predicted molar refractivity (Wildman–Crippen MR) is 73.5 cm³/mol. The highest BCUT2D eigenvalue weighted by Crippen LogP contribution is 2.34. The summed E-state index contributed by atoms with van der Waals surface area (Å²) in [6.45, 7) is 1.14. The highest BCUT2D eigenvalue weighted by atomic mass is 19.4. The quantitative estimate of drug-likeness (QED) is 0.832. The topological polar surface area (TPSA) is 39.1 Å². The number of methoxy groups -OCH3 is 1. The van der Waals surface area contributed by atoms with Crippen LogP contribution in [0.25, 0.3) is 5.69 Å². The number of nitrogens with zero attached hydrogens (tertiary/aromatic N) is 2. The molecule has 0 saturated heterocycles. The second kappa shape index (κ2) is 6.62. The summed E-state index contributed by atoms with van der Waals surface area (Å²) in [5, 5.41) is 3.01. The number of ether oxygens (including phenoxy) is 1. The third-order valence-corrected chi connectivity index (χ3v) is 2.92. The average Bonchev–Trinajstić information content (AvgIpc) is 2.91. The fourth-order valence-corrected chi connectivity index (χ4v) is 1.97. The van der Waals surface area contributed by atoms with Gasteiger partial charge >= 0.3 is 6.18 Å². The Morgan fingerprint density at radius 1 is 1.29 bits per heavy atom. The van der Waals surface area contributed by atoms with E-state index in [9.17, 15) is 13.2 Å². The van der Waals surface area contributed by atoms with Crippen LogP contribution in [0.5, 0.6) is 0 Å². The number of anilines is 1. The van der Waals surface area contributed by atoms with Crippen molar-refractivity contribution >= 4 is 5.95 Å². The van der Waals surface area contributed by atoms with E-state index in [-0.39, 0.29) is 5.69 Å². The fraction of sp³-hybridized carbons (Fsp3) is 0.357. The van der Waals surface area contributed by atoms with E-state index in [0.29, 0.717) is 19.1 Å². The molecule has 0 bridgehead atoms. The number of benzene rings is 1. The zero-order valence-corrected chi connectivity index (χ0v) is 11.5. The van der Waals surface area contributed by atoms with E-state index in [4.69, 9.17) is 4.74 Å². The molecule has 0 aliphatic rings. The van der Waals surface area contributed by atoms with Gasteiger partial charge in [-0.3, -0.25) is 4.57 Å². The van der Waals surface area contributed by atoms with Crippen molar-refractivity contribution in [2.45, 2.75) is 12.6 Å². The summed E-state index contributed by atoms with van der Waals surface area (Å²) in [6.07, 6.45) is -0.701. The number of imidazole rings is 1. The standard InChI is InChI=1S/C14H16F3N3O/c1-21-10-4-7-18-13-19-8-9-20(13)12-6-3-2-5-11(12)14(15,16)17/h2-3,5-6,8-9H,4,7,10H2,1H3,(H,18,19). The van der Waals surface area contributed by atoms with E-state index in [1.165, 1.54) is 29.1 Å². The van der Waals surface area contributed by atoms with Crippen LogP contribution >= 0.6 is 0 Å². The molecule has 0 amide bonds. The van der Waals surface area contributed by atoms with Gasteiger partial charge in [-0.15, -0.1) is 0 Å². The van der Waals surface area contributed by atoms with Gasteiger partial charge in [0, 0.05) is 32.7 Å². The lowest BCUT2D eigenvalue weighted by Crippen LogP contribution is -2.13. The molecule has 0 unspecified atom stereocenters. The molecule has 0 saturated carbocycles. The molecule has 1 aromatic heterocycles. The molecule has 1 N–H and O–H groups in total. The Balaban J connectivity index is 2.25. The van der Waals surface area contributed by atoms with Crippen LogP contribution in [0.1, 0.15) is 12.0 Å². The number of aromatic nitrogens is 2. The van der Waals surface area contributed by atoms with Gasteiger partial charge in [0.05, 0.1) is 11.3 Å². The first-order chi connectivity index (χ1) is 10.0. The molecule has 1 heterocycles. The molecular weight excluding hydrogens is 283 g/mol. The SMILES string of the molecule is COCCCNc1nccn1-c1ccccc1C(F)(F)F. The monoisotopic (exact) mass is 299 g/mol. The van der Waals surface area contributed by atoms with Gasteiger partial charge in [-0.1, -0.05) is 12.1 Å². The Bertz CT molecular complexity index is 581. The number of rotatable bonds is 6. The summed E-state index contributed by atoms with van der Waals surface area (Å²) in [6, 6.07) is 5.42. The van der Waals surface area contributed by atoms with Gasteiger partial charge in [-0.2, -0.15) is 13.2 Å². The molecule has 114 valence electrons. The molecule has 0 radical (unpaired) electrons. The van der Waals surface area contributed by atoms with Crippen molar-refractivity contribution in [2.75, 3.05) is 25.6 Å². The van der Waals surface area contributed by atoms with Crippen molar-refractivity contribution in [2.24, 2.45) is 0 Å². The normalized spacial score (nSPS) is 11.6. The second-order valence-electron chi connectivity index (χ2n) is 4.41. The van der Waals surface area contributed by atoms with E-state index in [2.05, 4.69) is 10.3 Å². The summed E-state index contributed by atoms with van der Waals surface area (Å²) >= 11 is 0. The molecular formula is C14H16F3N3O. The third-order valence-electron chi connectivity index (χ3n) is 2.92. The average molecular weight is 299 g/mol. The molecule has 0 spiro atoms. The first-order valence-electron chi connectivity index (χ1n) is 6.47. The van der Waals surface area contributed by atoms with Gasteiger partial charge in [0.2, 0.25) is 5.95 Å². The first-order valence-corrected chi connectivity index (χ1v) is 6.47. The molecule has 2 aromatic rings. The Labute approximate surface area is 120 Å². The molecule has 0 atom stereocenters. The van der Waals surface area contributed by atoms with E-state index >= 15 is 0 Å². The van der Waals surface area contributed by atoms with Gasteiger partial charge in [0.15, 0.2) is 0 Å². The number of alkyl halides is 3. The minimum Gasteiger partial charge on any atom is -0.385 e. The third kappa shape index (κ3) is 3.75. The lowest BCUT2D eigenvalue weighted by Gasteiger charge is -2.15. The Kier molecular flexibility index (Phi) is 4.85. The molecule has 4 nitrogen and oxygen atoms in total. The lowest BCUT2D eigenvalue weighted by atomic mass is 10.1. The van der Waals surface area contributed by atoms with E-state index in [0.717, 1.165) is 12.5 Å². The lowest BCUT2D eigenvalue weighted by molar-refractivity contribution is -0.137. The van der Waals surface area contributed by atoms with Gasteiger partial charge < -0.3 is 10.1 Å². The number of para-hydroxylation sites is 1. The summed E-state index contributed by atoms with van der Waals surface area (Å²) in [4.78, 5) is 4.06. The summed E-state index contributed by atoms with van der Waals surface area (Å²) in [5.41, 5.74) is -0.639. The van der Waals surface area contributed by atoms with Crippen molar-refractivity contribution in [3.63, 3.8) is 0 Å². The zero-order valence-electron chi connectivity index (χ0n) is 11.5. The van der Waals surface area contributed by atoms with Gasteiger partial charge in [-0.05, 0) is 18.6 Å². The van der Waals surface area contributed by atoms with E-state index in [1.807, 2.05) is 0 Å². The van der Waals surface area contributed by atoms with E-state index < -0.39 is 11.7 Å². The van der Waals surface area contributed by atoms with Crippen molar-refractivity contribution in [1.82, 2.24) is 9.55 Å². The van der Waals surface area contributed by atoms with Crippen LogP contribution in [0, 0.1) is 0 Å². The molecule has 0 aliphatic carbocycles. The number of halogens is 3. The van der Waals surface area contributed by atoms with Crippen LogP contribution in [0.2, 0.25) is 0 Å². The number of hydrogen-bond acceptors (Lipinski definition) is 3. The zero-order chi connectivity index (χ0) is 15.3. The van der Waals surface area contributed by atoms with Crippen molar-refractivity contribution < 1.29 is 17.9 Å². The van der Waals surface area contributed by atoms with Crippen LogP contribution in [0.15, 0.2) is 36.7 Å². The number of hydrogen-bond donors (Lipinski definition) is 1. The minimum absolute atomic E-state index is 0.0525. The van der Waals surface area contributed by atoms with Crippen LogP contribution in [-0.2, 0) is 10.9 Å². The molecule has 0 aliphatic heterocycles. The maximum Gasteiger partial charge on any atom is 0.418 e. The van der Waals surface area contributed by atoms with Crippen molar-refractivity contribution in [3.8, 4) is 5.69 Å². The maximum absolute atomic E-state index is 13.1. The molecule has 2 rings (SSSR count). The Hall–Kier alpha value is -2.02. The van der Waals surface area contributed by atoms with Gasteiger partial charge in [0.25, 0.3) is 0 Å². The highest BCUT2D eigenvalue weighted by Gasteiger charge is 2.33. The summed E-state index contributed by atoms with van der Waals surface area (Å²) in [7, 11) is 1.60. The van der Waals surface area contributed by atoms with Gasteiger partial charge in [0.1, 0.15) is 0 Å². The molecule has 0 fully saturated rings. The maximum atomic E-state index is 13.1. The largest absolute Gasteiger partial charge is 0.418 e. The first kappa shape index (κ1) is 15.4. The Morgan fingerprint density at radius 3 is 2.76 bits per heavy atom. The summed E-state index contributed by atoms with van der Waals surface area (Å²) in [5.74, 6) is 0.378. The minimum atomic E-state index is -4.41. The van der Waals surface area contributed by atoms with Crippen LogP contribution in [0.3, 0.4) is 0 Å². The highest BCUT2D eigenvalue weighted by molar-refractivity contribution is 5.48. The van der Waals surface area contributed by atoms with Crippen LogP contribution in [-0.4, -0.2) is 29.8 Å². The van der Waals surface area contributed by atoms with Crippen LogP contribution < -0.4 is 5.32 Å². The van der Waals surface area contributed by atoms with E-state index in [1.54, 1.807) is 13.2 Å². The predicted octanol–water partition coefficient (Wildman–Crippen LogP) is 3.34. The van der Waals surface area contributed by atoms with Gasteiger partial charge in [-0.25, -0.2) is 4.98 Å². The van der Waals surface area contributed by atoms with Crippen LogP contribution in [0.4, 0.5) is 19.1 Å². The molecule has 21 heavy (non-hydrogen) atoms. The second-order valence-corrected chi connectivity index (χ2v) is 4.41.